The Morgan fingerprint density at radius 2 is 2.06 bits per heavy atom. The average Bonchev–Trinajstić information content (AvgIpc) is 2.40. The van der Waals surface area contributed by atoms with Crippen LogP contribution >= 0.6 is 11.6 Å². The van der Waals surface area contributed by atoms with Crippen molar-refractivity contribution in [1.82, 2.24) is 0 Å². The minimum atomic E-state index is 0.298. The summed E-state index contributed by atoms with van der Waals surface area (Å²) in [6.45, 7) is 3.41. The lowest BCUT2D eigenvalue weighted by atomic mass is 10.2. The monoisotopic (exact) mass is 263 g/mol. The zero-order valence-corrected chi connectivity index (χ0v) is 10.9. The molecule has 0 saturated carbocycles. The van der Waals surface area contributed by atoms with Gasteiger partial charge in [0.25, 0.3) is 5.84 Å². The van der Waals surface area contributed by atoms with E-state index in [4.69, 9.17) is 22.6 Å². The van der Waals surface area contributed by atoms with E-state index in [1.165, 1.54) is 0 Å². The second-order valence-electron chi connectivity index (χ2n) is 4.25. The largest absolute Gasteiger partial charge is 0.362 e. The lowest BCUT2D eigenvalue weighted by Gasteiger charge is -2.30. The summed E-state index contributed by atoms with van der Waals surface area (Å²) in [6, 6.07) is 9.93. The molecule has 94 valence electrons. The van der Waals surface area contributed by atoms with Gasteiger partial charge in [-0.15, -0.1) is 0 Å². The van der Waals surface area contributed by atoms with Crippen LogP contribution in [0.4, 0.5) is 5.69 Å². The number of anilines is 1. The Balaban J connectivity index is 2.06. The van der Waals surface area contributed by atoms with E-state index < -0.39 is 0 Å². The molecule has 0 spiro atoms. The third kappa shape index (κ3) is 2.74. The fraction of sp³-hybridized carbons (Fsp3) is 0.385. The van der Waals surface area contributed by atoms with Gasteiger partial charge in [-0.2, -0.15) is 5.26 Å². The zero-order chi connectivity index (χ0) is 13.0. The van der Waals surface area contributed by atoms with Crippen molar-refractivity contribution in [3.05, 3.63) is 29.3 Å². The van der Waals surface area contributed by atoms with Gasteiger partial charge in [-0.05, 0) is 12.1 Å². The number of piperazine rings is 1. The van der Waals surface area contributed by atoms with Crippen LogP contribution < -0.4 is 10.6 Å². The van der Waals surface area contributed by atoms with Crippen molar-refractivity contribution in [2.75, 3.05) is 31.1 Å². The summed E-state index contributed by atoms with van der Waals surface area (Å²) in [5.74, 6) is 0.663. The second-order valence-corrected chi connectivity index (χ2v) is 4.66. The minimum absolute atomic E-state index is 0.298. The molecule has 1 heterocycles. The third-order valence-electron chi connectivity index (χ3n) is 3.14. The molecule has 2 rings (SSSR count). The highest BCUT2D eigenvalue weighted by molar-refractivity contribution is 6.33. The predicted octanol–water partition coefficient (Wildman–Crippen LogP) is 1.44. The van der Waals surface area contributed by atoms with Gasteiger partial charge in [-0.25, -0.2) is 0 Å². The topological polar surface area (TPSA) is 56.1 Å². The highest BCUT2D eigenvalue weighted by Gasteiger charge is 2.20. The molecule has 1 saturated heterocycles. The Morgan fingerprint density at radius 1 is 1.39 bits per heavy atom. The quantitative estimate of drug-likeness (QED) is 0.649. The van der Waals surface area contributed by atoms with E-state index in [0.717, 1.165) is 36.9 Å². The molecule has 2 N–H and O–H groups in total. The maximum Gasteiger partial charge on any atom is 0.257 e. The van der Waals surface area contributed by atoms with Crippen molar-refractivity contribution in [3.63, 3.8) is 0 Å². The Bertz CT molecular complexity index is 494. The first kappa shape index (κ1) is 12.7. The number of nitrogens with zero attached hydrogens (tertiary/aromatic N) is 3. The molecule has 5 heteroatoms. The number of hydrogen-bond acceptors (Lipinski definition) is 2. The van der Waals surface area contributed by atoms with E-state index in [2.05, 4.69) is 15.5 Å². The van der Waals surface area contributed by atoms with Gasteiger partial charge in [0.2, 0.25) is 0 Å². The summed E-state index contributed by atoms with van der Waals surface area (Å²) < 4.78 is 2.07. The Kier molecular flexibility index (Phi) is 4.06. The first-order valence-corrected chi connectivity index (χ1v) is 6.33. The summed E-state index contributed by atoms with van der Waals surface area (Å²) in [5, 5.41) is 9.41. The normalized spacial score (nSPS) is 15.3. The van der Waals surface area contributed by atoms with Crippen molar-refractivity contribution in [1.29, 1.82) is 5.26 Å². The highest BCUT2D eigenvalue weighted by Crippen LogP contribution is 2.25. The fourth-order valence-electron chi connectivity index (χ4n) is 2.14. The van der Waals surface area contributed by atoms with Crippen LogP contribution in [0.15, 0.2) is 24.3 Å². The van der Waals surface area contributed by atoms with E-state index in [1.54, 1.807) is 0 Å². The van der Waals surface area contributed by atoms with E-state index in [1.807, 2.05) is 24.3 Å². The van der Waals surface area contributed by atoms with Crippen molar-refractivity contribution in [2.45, 2.75) is 6.42 Å². The lowest BCUT2D eigenvalue weighted by molar-refractivity contribution is -0.531. The molecule has 1 fully saturated rings. The lowest BCUT2D eigenvalue weighted by Crippen LogP contribution is -2.45. The van der Waals surface area contributed by atoms with Gasteiger partial charge in [-0.3, -0.25) is 10.3 Å². The number of hydrogen-bond donors (Lipinski definition) is 1. The molecule has 1 aliphatic heterocycles. The van der Waals surface area contributed by atoms with Gasteiger partial charge in [-0.1, -0.05) is 23.7 Å². The Morgan fingerprint density at radius 3 is 2.67 bits per heavy atom. The molecule has 0 amide bonds. The van der Waals surface area contributed by atoms with E-state index in [9.17, 15) is 0 Å². The molecule has 0 atom stereocenters. The van der Waals surface area contributed by atoms with E-state index in [0.29, 0.717) is 12.3 Å². The summed E-state index contributed by atoms with van der Waals surface area (Å²) in [7, 11) is 0. The number of nitrogens with two attached hydrogens (primary N) is 1. The number of para-hydroxylation sites is 1. The highest BCUT2D eigenvalue weighted by atomic mass is 35.5. The molecule has 0 aliphatic carbocycles. The molecule has 1 aliphatic rings. The van der Waals surface area contributed by atoms with Crippen LogP contribution in [0.5, 0.6) is 0 Å². The summed E-state index contributed by atoms with van der Waals surface area (Å²) >= 11 is 6.18. The number of rotatable bonds is 2. The maximum absolute atomic E-state index is 8.63. The van der Waals surface area contributed by atoms with E-state index >= 15 is 0 Å². The van der Waals surface area contributed by atoms with Gasteiger partial charge in [0.05, 0.1) is 29.9 Å². The predicted molar refractivity (Wildman–Crippen MR) is 73.1 cm³/mol. The van der Waals surface area contributed by atoms with Crippen LogP contribution in [0.3, 0.4) is 0 Å². The first-order valence-electron chi connectivity index (χ1n) is 5.95. The van der Waals surface area contributed by atoms with Crippen molar-refractivity contribution < 1.29 is 4.58 Å². The van der Waals surface area contributed by atoms with Crippen LogP contribution in [-0.4, -0.2) is 36.6 Å². The smallest absolute Gasteiger partial charge is 0.257 e. The number of amidine groups is 1. The van der Waals surface area contributed by atoms with Crippen molar-refractivity contribution in [3.8, 4) is 6.07 Å². The molecule has 0 radical (unpaired) electrons. The number of benzene rings is 1. The molecular weight excluding hydrogens is 248 g/mol. The molecule has 0 bridgehead atoms. The van der Waals surface area contributed by atoms with Crippen LogP contribution in [0.1, 0.15) is 6.42 Å². The Labute approximate surface area is 112 Å². The van der Waals surface area contributed by atoms with Gasteiger partial charge in [0.1, 0.15) is 19.5 Å². The molecule has 1 aromatic carbocycles. The summed E-state index contributed by atoms with van der Waals surface area (Å²) in [6.07, 6.45) is 0.298. The van der Waals surface area contributed by atoms with Crippen LogP contribution in [0.2, 0.25) is 5.02 Å². The fourth-order valence-corrected chi connectivity index (χ4v) is 2.39. The van der Waals surface area contributed by atoms with Gasteiger partial charge in [0.15, 0.2) is 0 Å². The first-order chi connectivity index (χ1) is 8.72. The molecule has 4 nitrogen and oxygen atoms in total. The molecule has 0 aromatic heterocycles. The summed E-state index contributed by atoms with van der Waals surface area (Å²) in [4.78, 5) is 2.25. The standard InChI is InChI=1S/C13H15ClN4/c14-11-3-1-2-4-12(11)17-7-9-18(10-8-17)13(16)5-6-15/h1-4,16H,5,7-10H2/p+1. The van der Waals surface area contributed by atoms with Gasteiger partial charge >= 0.3 is 0 Å². The van der Waals surface area contributed by atoms with E-state index in [-0.39, 0.29) is 0 Å². The average molecular weight is 264 g/mol. The second kappa shape index (κ2) is 5.74. The SMILES string of the molecule is N#CCC(N)=[N+]1CCN(c2ccccc2Cl)CC1. The number of nitriles is 1. The van der Waals surface area contributed by atoms with Gasteiger partial charge < -0.3 is 4.90 Å². The third-order valence-corrected chi connectivity index (χ3v) is 3.46. The zero-order valence-electron chi connectivity index (χ0n) is 10.1. The maximum atomic E-state index is 8.63. The minimum Gasteiger partial charge on any atom is -0.362 e. The van der Waals surface area contributed by atoms with Crippen molar-refractivity contribution >= 4 is 23.1 Å². The van der Waals surface area contributed by atoms with Crippen LogP contribution in [-0.2, 0) is 0 Å². The van der Waals surface area contributed by atoms with Gasteiger partial charge in [0, 0.05) is 0 Å². The number of halogens is 1. The molecule has 18 heavy (non-hydrogen) atoms. The van der Waals surface area contributed by atoms with Crippen LogP contribution in [0.25, 0.3) is 0 Å². The van der Waals surface area contributed by atoms with Crippen molar-refractivity contribution in [2.24, 2.45) is 5.73 Å². The summed E-state index contributed by atoms with van der Waals surface area (Å²) in [5.41, 5.74) is 6.92. The van der Waals surface area contributed by atoms with Crippen LogP contribution in [0, 0.1) is 11.3 Å². The molecule has 1 aromatic rings. The molecular formula is C13H16ClN4+. The Hall–Kier alpha value is -1.73. The molecule has 0 unspecified atom stereocenters.